The molecule has 1 saturated carbocycles. The molecule has 2 aromatic rings. The topological polar surface area (TPSA) is 95.2 Å². The minimum Gasteiger partial charge on any atom is -0.342 e. The average Bonchev–Trinajstić information content (AvgIpc) is 3.04. The van der Waals surface area contributed by atoms with E-state index in [1.807, 2.05) is 0 Å². The number of nitrogens with one attached hydrogen (secondary N) is 2. The number of aromatic nitrogens is 2. The highest BCUT2D eigenvalue weighted by atomic mass is 32.2. The van der Waals surface area contributed by atoms with Crippen LogP contribution in [0.3, 0.4) is 0 Å². The fourth-order valence-corrected chi connectivity index (χ4v) is 5.48. The summed E-state index contributed by atoms with van der Waals surface area (Å²) in [5.41, 5.74) is 1.34. The van der Waals surface area contributed by atoms with Crippen molar-refractivity contribution in [2.24, 2.45) is 0 Å². The Morgan fingerprint density at radius 2 is 2.26 bits per heavy atom. The van der Waals surface area contributed by atoms with E-state index in [-0.39, 0.29) is 23.4 Å². The molecule has 0 aromatic carbocycles. The molecule has 1 atom stereocenters. The highest BCUT2D eigenvalue weighted by Gasteiger charge is 2.37. The molecule has 122 valence electrons. The van der Waals surface area contributed by atoms with Gasteiger partial charge in [-0.15, -0.1) is 11.3 Å². The van der Waals surface area contributed by atoms with E-state index in [1.165, 1.54) is 22.7 Å². The van der Waals surface area contributed by atoms with Crippen LogP contribution in [0.5, 0.6) is 0 Å². The molecular formula is C14H16N4O3S2. The van der Waals surface area contributed by atoms with Crippen LogP contribution in [0.1, 0.15) is 45.9 Å². The zero-order chi connectivity index (χ0) is 16.2. The summed E-state index contributed by atoms with van der Waals surface area (Å²) in [5.74, 6) is 0.212. The second-order valence-electron chi connectivity index (χ2n) is 5.94. The summed E-state index contributed by atoms with van der Waals surface area (Å²) in [4.78, 5) is 13.4. The van der Waals surface area contributed by atoms with E-state index in [2.05, 4.69) is 15.5 Å². The molecule has 23 heavy (non-hydrogen) atoms. The smallest absolute Gasteiger partial charge is 0.272 e. The number of carbonyl (C=O) groups is 1. The Kier molecular flexibility index (Phi) is 3.33. The quantitative estimate of drug-likeness (QED) is 0.874. The fraction of sp³-hybridized carbons (Fsp3) is 0.429. The van der Waals surface area contributed by atoms with E-state index in [4.69, 9.17) is 0 Å². The molecule has 3 heterocycles. The van der Waals surface area contributed by atoms with Gasteiger partial charge in [-0.25, -0.2) is 8.42 Å². The van der Waals surface area contributed by atoms with E-state index in [0.29, 0.717) is 16.5 Å². The maximum atomic E-state index is 12.4. The Morgan fingerprint density at radius 1 is 1.48 bits per heavy atom. The monoisotopic (exact) mass is 352 g/mol. The van der Waals surface area contributed by atoms with Gasteiger partial charge in [0.05, 0.1) is 10.9 Å². The standard InChI is InChI=1S/C14H16N4O3S2/c1-18-7-11(13-12(4-5-22-13)23(18,20)21)15-14(19)10-6-9(16-17-10)8-2-3-8/h4-6,8,11H,2-3,7H2,1H3,(H,15,19)(H,16,17). The first kappa shape index (κ1) is 14.9. The van der Waals surface area contributed by atoms with E-state index >= 15 is 0 Å². The van der Waals surface area contributed by atoms with Crippen molar-refractivity contribution in [3.63, 3.8) is 0 Å². The molecule has 1 aliphatic carbocycles. The van der Waals surface area contributed by atoms with Crippen molar-refractivity contribution in [2.75, 3.05) is 13.6 Å². The second-order valence-corrected chi connectivity index (χ2v) is 8.90. The largest absolute Gasteiger partial charge is 0.342 e. The first-order valence-electron chi connectivity index (χ1n) is 7.36. The number of rotatable bonds is 3. The Bertz CT molecular complexity index is 866. The van der Waals surface area contributed by atoms with Crippen molar-refractivity contribution in [1.29, 1.82) is 0 Å². The number of hydrogen-bond donors (Lipinski definition) is 2. The molecule has 0 saturated heterocycles. The first-order chi connectivity index (χ1) is 11.0. The third-order valence-corrected chi connectivity index (χ3v) is 7.30. The molecule has 1 fully saturated rings. The molecule has 4 rings (SSSR count). The van der Waals surface area contributed by atoms with Crippen LogP contribution in [0.2, 0.25) is 0 Å². The molecule has 0 spiro atoms. The number of fused-ring (bicyclic) bond motifs is 1. The molecule has 2 N–H and O–H groups in total. The van der Waals surface area contributed by atoms with Gasteiger partial charge >= 0.3 is 0 Å². The zero-order valence-corrected chi connectivity index (χ0v) is 14.1. The number of nitrogens with zero attached hydrogens (tertiary/aromatic N) is 2. The summed E-state index contributed by atoms with van der Waals surface area (Å²) < 4.78 is 25.8. The Balaban J connectivity index is 1.57. The van der Waals surface area contributed by atoms with Crippen LogP contribution in [0.15, 0.2) is 22.4 Å². The van der Waals surface area contributed by atoms with Crippen LogP contribution in [-0.2, 0) is 10.0 Å². The number of amides is 1. The Labute approximate surface area is 137 Å². The van der Waals surface area contributed by atoms with Crippen LogP contribution >= 0.6 is 11.3 Å². The molecule has 1 amide bonds. The normalized spacial score (nSPS) is 23.4. The molecule has 0 bridgehead atoms. The van der Waals surface area contributed by atoms with Crippen LogP contribution in [0, 0.1) is 0 Å². The lowest BCUT2D eigenvalue weighted by Crippen LogP contribution is -2.42. The maximum Gasteiger partial charge on any atom is 0.272 e. The molecule has 1 unspecified atom stereocenters. The molecule has 7 nitrogen and oxygen atoms in total. The number of aromatic amines is 1. The van der Waals surface area contributed by atoms with Crippen molar-refractivity contribution < 1.29 is 13.2 Å². The minimum absolute atomic E-state index is 0.224. The second kappa shape index (κ2) is 5.15. The van der Waals surface area contributed by atoms with E-state index in [0.717, 1.165) is 18.5 Å². The Hall–Kier alpha value is -1.71. The molecule has 1 aliphatic heterocycles. The van der Waals surface area contributed by atoms with Gasteiger partial charge in [-0.2, -0.15) is 9.40 Å². The number of hydrogen-bond acceptors (Lipinski definition) is 5. The lowest BCUT2D eigenvalue weighted by atomic mass is 10.2. The van der Waals surface area contributed by atoms with Crippen LogP contribution in [-0.4, -0.2) is 42.4 Å². The van der Waals surface area contributed by atoms with Gasteiger partial charge in [0.1, 0.15) is 5.69 Å². The van der Waals surface area contributed by atoms with Crippen LogP contribution in [0.25, 0.3) is 0 Å². The minimum atomic E-state index is -3.44. The van der Waals surface area contributed by atoms with Crippen molar-refractivity contribution >= 4 is 27.3 Å². The van der Waals surface area contributed by atoms with Gasteiger partial charge in [0, 0.05) is 30.1 Å². The van der Waals surface area contributed by atoms with Gasteiger partial charge in [-0.3, -0.25) is 9.89 Å². The van der Waals surface area contributed by atoms with Gasteiger partial charge in [-0.1, -0.05) is 0 Å². The zero-order valence-electron chi connectivity index (χ0n) is 12.4. The Morgan fingerprint density at radius 3 is 3.00 bits per heavy atom. The third kappa shape index (κ3) is 2.48. The summed E-state index contributed by atoms with van der Waals surface area (Å²) in [6, 6.07) is 3.02. The van der Waals surface area contributed by atoms with Crippen LogP contribution in [0.4, 0.5) is 0 Å². The van der Waals surface area contributed by atoms with Crippen molar-refractivity contribution in [3.05, 3.63) is 33.8 Å². The first-order valence-corrected chi connectivity index (χ1v) is 9.68. The fourth-order valence-electron chi connectivity index (χ4n) is 2.78. The van der Waals surface area contributed by atoms with E-state index in [9.17, 15) is 13.2 Å². The number of likely N-dealkylation sites (N-methyl/N-ethyl adjacent to an activating group) is 1. The van der Waals surface area contributed by atoms with Gasteiger partial charge in [0.15, 0.2) is 0 Å². The molecule has 2 aliphatic rings. The van der Waals surface area contributed by atoms with Crippen molar-refractivity contribution in [3.8, 4) is 0 Å². The van der Waals surface area contributed by atoms with Crippen molar-refractivity contribution in [1.82, 2.24) is 19.8 Å². The predicted octanol–water partition coefficient (Wildman–Crippen LogP) is 1.45. The molecule has 0 radical (unpaired) electrons. The molecule has 9 heteroatoms. The highest BCUT2D eigenvalue weighted by Crippen LogP contribution is 2.39. The van der Waals surface area contributed by atoms with Gasteiger partial charge in [0.2, 0.25) is 10.0 Å². The number of H-pyrrole nitrogens is 1. The SMILES string of the molecule is CN1CC(NC(=O)c2cc(C3CC3)[nH]n2)c2sccc2S1(=O)=O. The summed E-state index contributed by atoms with van der Waals surface area (Å²) >= 11 is 1.35. The summed E-state index contributed by atoms with van der Waals surface area (Å²) in [6.45, 7) is 0.224. The third-order valence-electron chi connectivity index (χ3n) is 4.25. The highest BCUT2D eigenvalue weighted by molar-refractivity contribution is 7.89. The number of sulfonamides is 1. The summed E-state index contributed by atoms with van der Waals surface area (Å²) in [5, 5.41) is 11.6. The van der Waals surface area contributed by atoms with Gasteiger partial charge < -0.3 is 5.32 Å². The average molecular weight is 352 g/mol. The summed E-state index contributed by atoms with van der Waals surface area (Å²) in [6.07, 6.45) is 2.26. The molecular weight excluding hydrogens is 336 g/mol. The van der Waals surface area contributed by atoms with Gasteiger partial charge in [-0.05, 0) is 30.4 Å². The maximum absolute atomic E-state index is 12.4. The number of thiophene rings is 1. The van der Waals surface area contributed by atoms with Crippen LogP contribution < -0.4 is 5.32 Å². The van der Waals surface area contributed by atoms with E-state index < -0.39 is 10.0 Å². The van der Waals surface area contributed by atoms with E-state index in [1.54, 1.807) is 17.5 Å². The van der Waals surface area contributed by atoms with Gasteiger partial charge in [0.25, 0.3) is 5.91 Å². The van der Waals surface area contributed by atoms with Crippen molar-refractivity contribution in [2.45, 2.75) is 29.7 Å². The number of carbonyl (C=O) groups excluding carboxylic acids is 1. The molecule has 2 aromatic heterocycles. The predicted molar refractivity (Wildman–Crippen MR) is 84.9 cm³/mol. The lowest BCUT2D eigenvalue weighted by molar-refractivity contribution is 0.0926. The lowest BCUT2D eigenvalue weighted by Gasteiger charge is -2.29. The summed E-state index contributed by atoms with van der Waals surface area (Å²) in [7, 11) is -1.92.